The van der Waals surface area contributed by atoms with Crippen LogP contribution in [0.5, 0.6) is 0 Å². The van der Waals surface area contributed by atoms with Crippen LogP contribution in [0.2, 0.25) is 0 Å². The first-order chi connectivity index (χ1) is 24.8. The molecule has 5 heteroatoms. The number of pyridine rings is 1. The van der Waals surface area contributed by atoms with E-state index in [4.69, 9.17) is 19.4 Å². The van der Waals surface area contributed by atoms with E-state index in [0.29, 0.717) is 17.1 Å². The highest BCUT2D eigenvalue weighted by Crippen LogP contribution is 2.48. The number of nitrogens with zero attached hydrogens (tertiary/aromatic N) is 3. The number of benzene rings is 7. The largest absolute Gasteiger partial charge is 0.452 e. The van der Waals surface area contributed by atoms with Crippen molar-refractivity contribution in [1.82, 2.24) is 15.0 Å². The van der Waals surface area contributed by atoms with Gasteiger partial charge in [-0.05, 0) is 69.1 Å². The summed E-state index contributed by atoms with van der Waals surface area (Å²) in [5.74, 6) is 0.563. The second-order valence-corrected chi connectivity index (χ2v) is 13.8. The van der Waals surface area contributed by atoms with Gasteiger partial charge >= 0.3 is 0 Å². The summed E-state index contributed by atoms with van der Waals surface area (Å²) in [6.45, 7) is 0. The van der Waals surface area contributed by atoms with Crippen LogP contribution in [-0.4, -0.2) is 15.0 Å². The third-order valence-electron chi connectivity index (χ3n) is 9.87. The number of hydrogen-bond donors (Lipinski definition) is 0. The summed E-state index contributed by atoms with van der Waals surface area (Å²) in [5, 5.41) is 8.76. The maximum atomic E-state index is 6.45. The fourth-order valence-electron chi connectivity index (χ4n) is 7.61. The SMILES string of the molecule is c1ccc(-c2cccc(-c3nc(-c4cccc(-c5ccc6c7ccccc7c7cccc8sc5c6c87)n4)nc4c3oc3ccccc34)c2)cc1. The Bertz CT molecular complexity index is 3100. The van der Waals surface area contributed by atoms with Crippen molar-refractivity contribution in [2.75, 3.05) is 0 Å². The van der Waals surface area contributed by atoms with Crippen molar-refractivity contribution in [3.8, 4) is 45.2 Å². The average molecular weight is 656 g/mol. The molecule has 0 fully saturated rings. The molecule has 0 N–H and O–H groups in total. The molecule has 11 aromatic rings. The van der Waals surface area contributed by atoms with Gasteiger partial charge in [-0.25, -0.2) is 15.0 Å². The summed E-state index contributed by atoms with van der Waals surface area (Å²) in [5.41, 5.74) is 8.93. The van der Waals surface area contributed by atoms with Gasteiger partial charge in [-0.1, -0.05) is 115 Å². The molecule has 4 heterocycles. The first-order valence-electron chi connectivity index (χ1n) is 16.7. The number of fused-ring (bicyclic) bond motifs is 6. The van der Waals surface area contributed by atoms with E-state index >= 15 is 0 Å². The molecule has 0 aliphatic rings. The van der Waals surface area contributed by atoms with Crippen LogP contribution in [0.25, 0.3) is 109 Å². The number of hydrogen-bond acceptors (Lipinski definition) is 5. The van der Waals surface area contributed by atoms with Gasteiger partial charge in [-0.3, -0.25) is 0 Å². The predicted molar refractivity (Wildman–Crippen MR) is 208 cm³/mol. The normalized spacial score (nSPS) is 12.0. The highest BCUT2D eigenvalue weighted by atomic mass is 32.1. The van der Waals surface area contributed by atoms with Gasteiger partial charge in [-0.15, -0.1) is 11.3 Å². The Kier molecular flexibility index (Phi) is 5.80. The van der Waals surface area contributed by atoms with Gasteiger partial charge in [-0.2, -0.15) is 0 Å². The van der Waals surface area contributed by atoms with Crippen LogP contribution in [0, 0.1) is 0 Å². The van der Waals surface area contributed by atoms with Crippen molar-refractivity contribution in [1.29, 1.82) is 0 Å². The van der Waals surface area contributed by atoms with Gasteiger partial charge in [0.1, 0.15) is 22.5 Å². The molecule has 4 aromatic heterocycles. The van der Waals surface area contributed by atoms with Gasteiger partial charge < -0.3 is 4.42 Å². The molecule has 4 nitrogen and oxygen atoms in total. The summed E-state index contributed by atoms with van der Waals surface area (Å²) < 4.78 is 8.99. The van der Waals surface area contributed by atoms with Crippen LogP contribution >= 0.6 is 11.3 Å². The topological polar surface area (TPSA) is 51.8 Å². The molecule has 232 valence electrons. The molecule has 11 rings (SSSR count). The smallest absolute Gasteiger partial charge is 0.180 e. The molecule has 0 amide bonds. The Morgan fingerprint density at radius 2 is 1.14 bits per heavy atom. The number of furan rings is 1. The molecule has 0 saturated heterocycles. The zero-order chi connectivity index (χ0) is 32.8. The maximum absolute atomic E-state index is 6.45. The molecule has 0 atom stereocenters. The lowest BCUT2D eigenvalue weighted by Crippen LogP contribution is -1.97. The van der Waals surface area contributed by atoms with Crippen LogP contribution in [0.4, 0.5) is 0 Å². The first-order valence-corrected chi connectivity index (χ1v) is 17.5. The Morgan fingerprint density at radius 3 is 2.02 bits per heavy atom. The van der Waals surface area contributed by atoms with E-state index < -0.39 is 0 Å². The summed E-state index contributed by atoms with van der Waals surface area (Å²) in [6, 6.07) is 53.0. The van der Waals surface area contributed by atoms with E-state index in [-0.39, 0.29) is 0 Å². The minimum Gasteiger partial charge on any atom is -0.452 e. The summed E-state index contributed by atoms with van der Waals surface area (Å²) >= 11 is 1.84. The molecule has 0 unspecified atom stereocenters. The van der Waals surface area contributed by atoms with Crippen LogP contribution in [0.1, 0.15) is 0 Å². The first kappa shape index (κ1) is 27.5. The quantitative estimate of drug-likeness (QED) is 0.177. The van der Waals surface area contributed by atoms with E-state index in [9.17, 15) is 0 Å². The number of thiophene rings is 1. The maximum Gasteiger partial charge on any atom is 0.180 e. The van der Waals surface area contributed by atoms with E-state index in [2.05, 4.69) is 121 Å². The minimum absolute atomic E-state index is 0.563. The lowest BCUT2D eigenvalue weighted by atomic mass is 9.93. The molecule has 7 aromatic carbocycles. The highest BCUT2D eigenvalue weighted by molar-refractivity contribution is 7.26. The molecule has 0 spiro atoms. The van der Waals surface area contributed by atoms with Crippen molar-refractivity contribution in [2.24, 2.45) is 0 Å². The van der Waals surface area contributed by atoms with Gasteiger partial charge in [0.15, 0.2) is 11.4 Å². The van der Waals surface area contributed by atoms with Gasteiger partial charge in [0.2, 0.25) is 0 Å². The number of rotatable bonds is 4. The van der Waals surface area contributed by atoms with Gasteiger partial charge in [0, 0.05) is 36.7 Å². The van der Waals surface area contributed by atoms with E-state index in [1.807, 2.05) is 41.7 Å². The Hall–Kier alpha value is -6.43. The van der Waals surface area contributed by atoms with Crippen molar-refractivity contribution < 1.29 is 4.42 Å². The third-order valence-corrected chi connectivity index (χ3v) is 11.1. The fourth-order valence-corrected chi connectivity index (χ4v) is 8.89. The Morgan fingerprint density at radius 1 is 0.460 bits per heavy atom. The standard InChI is InChI=1S/C45H25N3OS/c1-2-11-26(12-3-1)27-13-8-14-28(25-27)41-43-42(34-17-6-7-21-37(34)49-43)48-45(47-41)36-20-10-19-35(46-36)33-24-23-32-30-16-5-4-15-29(30)31-18-9-22-38-39(31)40(32)44(33)50-38/h1-25H. The zero-order valence-electron chi connectivity index (χ0n) is 26.6. The van der Waals surface area contributed by atoms with Gasteiger partial charge in [0.25, 0.3) is 0 Å². The van der Waals surface area contributed by atoms with E-state index in [1.165, 1.54) is 41.7 Å². The van der Waals surface area contributed by atoms with Crippen molar-refractivity contribution in [2.45, 2.75) is 0 Å². The van der Waals surface area contributed by atoms with Crippen LogP contribution in [0.3, 0.4) is 0 Å². The van der Waals surface area contributed by atoms with Crippen molar-refractivity contribution in [3.63, 3.8) is 0 Å². The van der Waals surface area contributed by atoms with Crippen LogP contribution in [0.15, 0.2) is 156 Å². The Labute approximate surface area is 290 Å². The number of aromatic nitrogens is 3. The van der Waals surface area contributed by atoms with E-state index in [1.54, 1.807) is 0 Å². The van der Waals surface area contributed by atoms with Crippen LogP contribution in [-0.2, 0) is 0 Å². The van der Waals surface area contributed by atoms with Crippen LogP contribution < -0.4 is 0 Å². The molecule has 0 radical (unpaired) electrons. The second kappa shape index (κ2) is 10.5. The van der Waals surface area contributed by atoms with E-state index in [0.717, 1.165) is 50.1 Å². The molecule has 0 aliphatic heterocycles. The summed E-state index contributed by atoms with van der Waals surface area (Å²) in [6.07, 6.45) is 0. The molecule has 0 saturated carbocycles. The summed E-state index contributed by atoms with van der Waals surface area (Å²) in [4.78, 5) is 15.6. The monoisotopic (exact) mass is 655 g/mol. The molecular formula is C45H25N3OS. The number of para-hydroxylation sites is 1. The fraction of sp³-hybridized carbons (Fsp3) is 0. The lowest BCUT2D eigenvalue weighted by Gasteiger charge is -2.11. The molecular weight excluding hydrogens is 631 g/mol. The third kappa shape index (κ3) is 4.01. The highest BCUT2D eigenvalue weighted by Gasteiger charge is 2.21. The van der Waals surface area contributed by atoms with Gasteiger partial charge in [0.05, 0.1) is 5.69 Å². The summed E-state index contributed by atoms with van der Waals surface area (Å²) in [7, 11) is 0. The minimum atomic E-state index is 0.563. The molecule has 50 heavy (non-hydrogen) atoms. The lowest BCUT2D eigenvalue weighted by molar-refractivity contribution is 0.667. The molecule has 0 bridgehead atoms. The molecule has 0 aliphatic carbocycles. The Balaban J connectivity index is 1.13. The zero-order valence-corrected chi connectivity index (χ0v) is 27.4. The average Bonchev–Trinajstić information content (AvgIpc) is 3.77. The van der Waals surface area contributed by atoms with Crippen molar-refractivity contribution in [3.05, 3.63) is 152 Å². The predicted octanol–water partition coefficient (Wildman–Crippen LogP) is 12.6. The van der Waals surface area contributed by atoms with Crippen molar-refractivity contribution >= 4 is 75.1 Å². The second-order valence-electron chi connectivity index (χ2n) is 12.7.